The van der Waals surface area contributed by atoms with Crippen molar-refractivity contribution in [2.24, 2.45) is 5.92 Å². The van der Waals surface area contributed by atoms with Gasteiger partial charge in [0, 0.05) is 32.4 Å². The molecule has 1 aromatic carbocycles. The summed E-state index contributed by atoms with van der Waals surface area (Å²) in [5.41, 5.74) is 3.94. The van der Waals surface area contributed by atoms with Crippen LogP contribution in [0.5, 0.6) is 0 Å². The number of carbonyl (C=O) groups is 1. The summed E-state index contributed by atoms with van der Waals surface area (Å²) in [7, 11) is 0. The average molecular weight is 393 g/mol. The number of aromatic nitrogens is 3. The topological polar surface area (TPSA) is 82.8 Å². The normalized spacial score (nSPS) is 15.4. The zero-order chi connectivity index (χ0) is 20.4. The Kier molecular flexibility index (Phi) is 5.60. The molecule has 3 heterocycles. The van der Waals surface area contributed by atoms with Gasteiger partial charge in [0.05, 0.1) is 5.56 Å². The molecular weight excluding hydrogens is 366 g/mol. The lowest BCUT2D eigenvalue weighted by Gasteiger charge is -2.28. The minimum atomic E-state index is -0.731. The Hall–Kier alpha value is -2.77. The maximum absolute atomic E-state index is 12.6. The zero-order valence-electron chi connectivity index (χ0n) is 16.9. The van der Waals surface area contributed by atoms with Crippen LogP contribution < -0.4 is 5.32 Å². The Morgan fingerprint density at radius 1 is 1.17 bits per heavy atom. The molecule has 2 N–H and O–H groups in total. The summed E-state index contributed by atoms with van der Waals surface area (Å²) in [5.74, 6) is 0.328. The second kappa shape index (κ2) is 8.31. The molecular formula is C22H27N5O2. The van der Waals surface area contributed by atoms with Crippen LogP contribution in [-0.2, 0) is 13.0 Å². The van der Waals surface area contributed by atoms with Gasteiger partial charge in [-0.15, -0.1) is 10.2 Å². The number of pyridine rings is 1. The molecule has 1 atom stereocenters. The van der Waals surface area contributed by atoms with Gasteiger partial charge in [-0.2, -0.15) is 0 Å². The lowest BCUT2D eigenvalue weighted by atomic mass is 10.00. The molecule has 0 radical (unpaired) electrons. The monoisotopic (exact) mass is 393 g/mol. The highest BCUT2D eigenvalue weighted by Gasteiger charge is 2.20. The third-order valence-corrected chi connectivity index (χ3v) is 5.51. The van der Waals surface area contributed by atoms with Crippen molar-refractivity contribution in [2.75, 3.05) is 19.6 Å². The van der Waals surface area contributed by atoms with Crippen LogP contribution >= 0.6 is 0 Å². The maximum atomic E-state index is 12.6. The molecule has 7 nitrogen and oxygen atoms in total. The van der Waals surface area contributed by atoms with E-state index in [2.05, 4.69) is 44.7 Å². The lowest BCUT2D eigenvalue weighted by Crippen LogP contribution is -2.37. The molecule has 2 aromatic heterocycles. The van der Waals surface area contributed by atoms with E-state index in [1.807, 2.05) is 13.8 Å². The Bertz CT molecular complexity index is 1010. The fraction of sp³-hybridized carbons (Fsp3) is 0.409. The van der Waals surface area contributed by atoms with Gasteiger partial charge in [0.15, 0.2) is 11.5 Å². The maximum Gasteiger partial charge on any atom is 0.252 e. The van der Waals surface area contributed by atoms with Crippen LogP contribution in [0.3, 0.4) is 0 Å². The van der Waals surface area contributed by atoms with E-state index < -0.39 is 6.10 Å². The van der Waals surface area contributed by atoms with Gasteiger partial charge in [0.1, 0.15) is 6.10 Å². The van der Waals surface area contributed by atoms with Crippen molar-refractivity contribution in [1.29, 1.82) is 0 Å². The van der Waals surface area contributed by atoms with Crippen LogP contribution in [0, 0.1) is 5.92 Å². The molecule has 1 unspecified atom stereocenters. The SMILES string of the molecule is CC(C)C(O)c1nnc2ccc(C(=O)NCCN3CCc4ccccc4C3)cn12. The number of hydrogen-bond donors (Lipinski definition) is 2. The number of carbonyl (C=O) groups excluding carboxylic acids is 1. The minimum absolute atomic E-state index is 0.00885. The van der Waals surface area contributed by atoms with Crippen LogP contribution in [0.25, 0.3) is 5.65 Å². The molecule has 0 bridgehead atoms. The third kappa shape index (κ3) is 4.16. The summed E-state index contributed by atoms with van der Waals surface area (Å²) in [5, 5.41) is 21.5. The van der Waals surface area contributed by atoms with Crippen LogP contribution in [0.1, 0.15) is 47.3 Å². The van der Waals surface area contributed by atoms with E-state index in [0.717, 1.165) is 26.1 Å². The highest BCUT2D eigenvalue weighted by Crippen LogP contribution is 2.21. The van der Waals surface area contributed by atoms with E-state index >= 15 is 0 Å². The predicted octanol–water partition coefficient (Wildman–Crippen LogP) is 2.21. The molecule has 4 rings (SSSR count). The van der Waals surface area contributed by atoms with Crippen molar-refractivity contribution in [2.45, 2.75) is 32.9 Å². The second-order valence-electron chi connectivity index (χ2n) is 7.94. The summed E-state index contributed by atoms with van der Waals surface area (Å²) < 4.78 is 1.70. The molecule has 0 saturated heterocycles. The van der Waals surface area contributed by atoms with Crippen molar-refractivity contribution in [3.63, 3.8) is 0 Å². The molecule has 0 aliphatic carbocycles. The summed E-state index contributed by atoms with van der Waals surface area (Å²) in [6, 6.07) is 12.0. The average Bonchev–Trinajstić information content (AvgIpc) is 3.16. The van der Waals surface area contributed by atoms with Crippen LogP contribution in [-0.4, -0.2) is 50.1 Å². The Balaban J connectivity index is 1.37. The first-order valence-electron chi connectivity index (χ1n) is 10.1. The Labute approximate surface area is 170 Å². The number of hydrogen-bond acceptors (Lipinski definition) is 5. The van der Waals surface area contributed by atoms with Gasteiger partial charge < -0.3 is 10.4 Å². The van der Waals surface area contributed by atoms with Crippen molar-refractivity contribution in [3.8, 4) is 0 Å². The van der Waals surface area contributed by atoms with Crippen molar-refractivity contribution in [3.05, 3.63) is 65.1 Å². The number of nitrogens with one attached hydrogen (secondary N) is 1. The molecule has 3 aromatic rings. The second-order valence-corrected chi connectivity index (χ2v) is 7.94. The highest BCUT2D eigenvalue weighted by molar-refractivity contribution is 5.94. The quantitative estimate of drug-likeness (QED) is 0.671. The molecule has 1 amide bonds. The number of rotatable bonds is 6. The standard InChI is InChI=1S/C22H27N5O2/c1-15(2)20(28)21-25-24-19-8-7-18(14-27(19)21)22(29)23-10-12-26-11-9-16-5-3-4-6-17(16)13-26/h3-8,14-15,20,28H,9-13H2,1-2H3,(H,23,29). The van der Waals surface area contributed by atoms with Gasteiger partial charge >= 0.3 is 0 Å². The van der Waals surface area contributed by atoms with Crippen LogP contribution in [0.15, 0.2) is 42.6 Å². The summed E-state index contributed by atoms with van der Waals surface area (Å²) in [6.07, 6.45) is 2.02. The van der Waals surface area contributed by atoms with E-state index in [4.69, 9.17) is 0 Å². The van der Waals surface area contributed by atoms with Gasteiger partial charge in [0.2, 0.25) is 0 Å². The fourth-order valence-electron chi connectivity index (χ4n) is 3.72. The minimum Gasteiger partial charge on any atom is -0.385 e. The third-order valence-electron chi connectivity index (χ3n) is 5.51. The van der Waals surface area contributed by atoms with Crippen molar-refractivity contribution < 1.29 is 9.90 Å². The van der Waals surface area contributed by atoms with Gasteiger partial charge in [-0.05, 0) is 35.6 Å². The molecule has 0 fully saturated rings. The number of fused-ring (bicyclic) bond motifs is 2. The van der Waals surface area contributed by atoms with Crippen molar-refractivity contribution >= 4 is 11.6 Å². The number of amides is 1. The van der Waals surface area contributed by atoms with E-state index in [1.165, 1.54) is 11.1 Å². The smallest absolute Gasteiger partial charge is 0.252 e. The first kappa shape index (κ1) is 19.5. The molecule has 29 heavy (non-hydrogen) atoms. The number of nitrogens with zero attached hydrogens (tertiary/aromatic N) is 4. The van der Waals surface area contributed by atoms with Crippen LogP contribution in [0.4, 0.5) is 0 Å². The van der Waals surface area contributed by atoms with Crippen LogP contribution in [0.2, 0.25) is 0 Å². The first-order valence-corrected chi connectivity index (χ1v) is 10.1. The Morgan fingerprint density at radius 2 is 1.97 bits per heavy atom. The first-order chi connectivity index (χ1) is 14.0. The van der Waals surface area contributed by atoms with E-state index in [1.54, 1.807) is 22.7 Å². The predicted molar refractivity (Wildman–Crippen MR) is 111 cm³/mol. The van der Waals surface area contributed by atoms with Gasteiger partial charge in [-0.3, -0.25) is 14.1 Å². The molecule has 7 heteroatoms. The van der Waals surface area contributed by atoms with E-state index in [0.29, 0.717) is 23.6 Å². The number of benzene rings is 1. The van der Waals surface area contributed by atoms with E-state index in [9.17, 15) is 9.90 Å². The molecule has 1 aliphatic heterocycles. The van der Waals surface area contributed by atoms with Gasteiger partial charge in [0.25, 0.3) is 5.91 Å². The summed E-state index contributed by atoms with van der Waals surface area (Å²) in [4.78, 5) is 15.0. The lowest BCUT2D eigenvalue weighted by molar-refractivity contribution is 0.0946. The largest absolute Gasteiger partial charge is 0.385 e. The van der Waals surface area contributed by atoms with Crippen molar-refractivity contribution in [1.82, 2.24) is 24.8 Å². The molecule has 152 valence electrons. The van der Waals surface area contributed by atoms with E-state index in [-0.39, 0.29) is 11.8 Å². The zero-order valence-corrected chi connectivity index (χ0v) is 16.9. The highest BCUT2D eigenvalue weighted by atomic mass is 16.3. The summed E-state index contributed by atoms with van der Waals surface area (Å²) in [6.45, 7) is 7.17. The fourth-order valence-corrected chi connectivity index (χ4v) is 3.72. The Morgan fingerprint density at radius 3 is 2.76 bits per heavy atom. The molecule has 0 saturated carbocycles. The molecule has 1 aliphatic rings. The van der Waals surface area contributed by atoms with Gasteiger partial charge in [-0.25, -0.2) is 0 Å². The van der Waals surface area contributed by atoms with Gasteiger partial charge in [-0.1, -0.05) is 38.1 Å². The number of aliphatic hydroxyl groups excluding tert-OH is 1. The number of aliphatic hydroxyl groups is 1. The molecule has 0 spiro atoms. The summed E-state index contributed by atoms with van der Waals surface area (Å²) >= 11 is 0.